The molecule has 0 saturated carbocycles. The molecular formula is C71H140N2O6P+. The van der Waals surface area contributed by atoms with Gasteiger partial charge < -0.3 is 19.8 Å². The van der Waals surface area contributed by atoms with Crippen LogP contribution in [-0.4, -0.2) is 73.4 Å². The number of nitrogens with zero attached hydrogens (tertiary/aromatic N) is 1. The number of amides is 1. The summed E-state index contributed by atoms with van der Waals surface area (Å²) in [6.45, 7) is 4.85. The molecule has 0 heterocycles. The second kappa shape index (κ2) is 62.3. The van der Waals surface area contributed by atoms with Crippen molar-refractivity contribution in [2.24, 2.45) is 0 Å². The normalized spacial score (nSPS) is 13.8. The Hall–Kier alpha value is -1.28. The molecule has 0 aromatic rings. The fraction of sp³-hybridized carbons (Fsp3) is 0.901. The highest BCUT2D eigenvalue weighted by Gasteiger charge is 2.28. The molecule has 3 unspecified atom stereocenters. The maximum Gasteiger partial charge on any atom is 0.472 e. The number of aliphatic hydroxyl groups excluding tert-OH is 1. The molecule has 0 aromatic heterocycles. The summed E-state index contributed by atoms with van der Waals surface area (Å²) in [5.74, 6) is -0.183. The Morgan fingerprint density at radius 1 is 0.412 bits per heavy atom. The van der Waals surface area contributed by atoms with E-state index in [2.05, 4.69) is 43.5 Å². The van der Waals surface area contributed by atoms with Gasteiger partial charge in [0.25, 0.3) is 0 Å². The lowest BCUT2D eigenvalue weighted by molar-refractivity contribution is -0.870. The number of aliphatic hydroxyl groups is 1. The molecule has 0 aliphatic heterocycles. The van der Waals surface area contributed by atoms with E-state index in [1.165, 1.54) is 295 Å². The van der Waals surface area contributed by atoms with Gasteiger partial charge in [-0.05, 0) is 44.9 Å². The van der Waals surface area contributed by atoms with E-state index in [1.54, 1.807) is 6.08 Å². The van der Waals surface area contributed by atoms with Crippen LogP contribution in [0.5, 0.6) is 0 Å². The van der Waals surface area contributed by atoms with E-state index >= 15 is 0 Å². The number of carbonyl (C=O) groups excluding carboxylic acids is 1. The van der Waals surface area contributed by atoms with Crippen molar-refractivity contribution in [1.82, 2.24) is 5.32 Å². The number of phosphoric acid groups is 1. The third kappa shape index (κ3) is 64.3. The van der Waals surface area contributed by atoms with E-state index in [-0.39, 0.29) is 19.1 Å². The van der Waals surface area contributed by atoms with Gasteiger partial charge in [0.15, 0.2) is 0 Å². The van der Waals surface area contributed by atoms with E-state index < -0.39 is 20.0 Å². The lowest BCUT2D eigenvalue weighted by atomic mass is 10.0. The summed E-state index contributed by atoms with van der Waals surface area (Å²) in [6, 6.07) is -0.869. The fourth-order valence-corrected chi connectivity index (χ4v) is 11.6. The number of likely N-dealkylation sites (N-methyl/N-ethyl adjacent to an activating group) is 1. The first kappa shape index (κ1) is 78.7. The van der Waals surface area contributed by atoms with Crippen LogP contribution in [0.3, 0.4) is 0 Å². The molecular weight excluding hydrogens is 1010 g/mol. The van der Waals surface area contributed by atoms with Crippen LogP contribution < -0.4 is 5.32 Å². The average Bonchev–Trinajstić information content (AvgIpc) is 3.43. The monoisotopic (exact) mass is 1150 g/mol. The van der Waals surface area contributed by atoms with Gasteiger partial charge in [0.1, 0.15) is 13.2 Å². The maximum atomic E-state index is 13.0. The van der Waals surface area contributed by atoms with Crippen molar-refractivity contribution in [2.75, 3.05) is 40.9 Å². The minimum absolute atomic E-state index is 0.0554. The first-order valence-corrected chi connectivity index (χ1v) is 36.9. The summed E-state index contributed by atoms with van der Waals surface area (Å²) in [4.78, 5) is 23.4. The van der Waals surface area contributed by atoms with Crippen molar-refractivity contribution >= 4 is 13.7 Å². The molecule has 80 heavy (non-hydrogen) atoms. The van der Waals surface area contributed by atoms with Crippen LogP contribution >= 0.6 is 7.82 Å². The highest BCUT2D eigenvalue weighted by Crippen LogP contribution is 2.43. The minimum Gasteiger partial charge on any atom is -0.387 e. The van der Waals surface area contributed by atoms with Crippen LogP contribution in [0.4, 0.5) is 0 Å². The quantitative estimate of drug-likeness (QED) is 0.0243. The van der Waals surface area contributed by atoms with Crippen molar-refractivity contribution in [3.05, 3.63) is 36.5 Å². The molecule has 0 bridgehead atoms. The Balaban J connectivity index is 4.06. The number of carbonyl (C=O) groups is 1. The Bertz CT molecular complexity index is 1400. The molecule has 0 fully saturated rings. The van der Waals surface area contributed by atoms with Crippen molar-refractivity contribution in [3.63, 3.8) is 0 Å². The van der Waals surface area contributed by atoms with Crippen LogP contribution in [0, 0.1) is 0 Å². The predicted molar refractivity (Wildman–Crippen MR) is 351 cm³/mol. The van der Waals surface area contributed by atoms with Crippen LogP contribution in [0.2, 0.25) is 0 Å². The van der Waals surface area contributed by atoms with Gasteiger partial charge in [-0.1, -0.05) is 346 Å². The largest absolute Gasteiger partial charge is 0.472 e. The van der Waals surface area contributed by atoms with Gasteiger partial charge in [-0.3, -0.25) is 13.8 Å². The maximum absolute atomic E-state index is 13.0. The Labute approximate surface area is 499 Å². The number of phosphoric ester groups is 1. The van der Waals surface area contributed by atoms with Gasteiger partial charge in [-0.15, -0.1) is 0 Å². The molecule has 0 radical (unpaired) electrons. The van der Waals surface area contributed by atoms with Gasteiger partial charge >= 0.3 is 7.82 Å². The van der Waals surface area contributed by atoms with E-state index in [1.807, 2.05) is 27.2 Å². The minimum atomic E-state index is -4.36. The summed E-state index contributed by atoms with van der Waals surface area (Å²) >= 11 is 0. The van der Waals surface area contributed by atoms with Gasteiger partial charge in [0, 0.05) is 6.42 Å². The Kier molecular flexibility index (Phi) is 61.3. The molecule has 8 nitrogen and oxygen atoms in total. The summed E-state index contributed by atoms with van der Waals surface area (Å²) in [6.07, 6.45) is 83.1. The second-order valence-corrected chi connectivity index (χ2v) is 27.1. The zero-order chi connectivity index (χ0) is 58.4. The van der Waals surface area contributed by atoms with E-state index in [9.17, 15) is 19.4 Å². The van der Waals surface area contributed by atoms with E-state index in [0.717, 1.165) is 44.9 Å². The first-order valence-electron chi connectivity index (χ1n) is 35.4. The molecule has 0 saturated heterocycles. The zero-order valence-corrected chi connectivity index (χ0v) is 55.2. The molecule has 3 N–H and O–H groups in total. The van der Waals surface area contributed by atoms with Crippen LogP contribution in [0.25, 0.3) is 0 Å². The van der Waals surface area contributed by atoms with Crippen molar-refractivity contribution in [3.8, 4) is 0 Å². The van der Waals surface area contributed by atoms with E-state index in [4.69, 9.17) is 9.05 Å². The summed E-state index contributed by atoms with van der Waals surface area (Å²) in [7, 11) is 1.56. The number of hydrogen-bond acceptors (Lipinski definition) is 5. The fourth-order valence-electron chi connectivity index (χ4n) is 10.8. The standard InChI is InChI=1S/C71H139N2O6P/c1-6-8-10-12-14-16-18-20-22-24-26-28-30-32-33-34-35-36-37-38-39-41-43-45-47-49-51-53-55-57-59-61-63-65-71(75)72-69(68-79-80(76,77)78-67-66-73(3,4)5)70(74)64-62-60-58-56-54-52-50-48-46-44-42-40-31-29-27-25-23-21-19-17-15-13-11-9-7-2/h46,48,54,56,62,64,69-70,74H,6-45,47,49-53,55,57-61,63,65-68H2,1-5H3,(H-,72,75,76,77)/p+1/b48-46+,56-54+,64-62+. The molecule has 0 rings (SSSR count). The van der Waals surface area contributed by atoms with Gasteiger partial charge in [-0.2, -0.15) is 0 Å². The van der Waals surface area contributed by atoms with Crippen LogP contribution in [-0.2, 0) is 18.4 Å². The molecule has 0 aromatic carbocycles. The lowest BCUT2D eigenvalue weighted by Crippen LogP contribution is -2.45. The number of nitrogens with one attached hydrogen (secondary N) is 1. The number of rotatable bonds is 66. The lowest BCUT2D eigenvalue weighted by Gasteiger charge is -2.25. The van der Waals surface area contributed by atoms with E-state index in [0.29, 0.717) is 17.4 Å². The van der Waals surface area contributed by atoms with Crippen molar-refractivity contribution in [2.45, 2.75) is 373 Å². The number of unbranched alkanes of at least 4 members (excludes halogenated alkanes) is 49. The summed E-state index contributed by atoms with van der Waals surface area (Å²) < 4.78 is 23.8. The number of hydrogen-bond donors (Lipinski definition) is 3. The molecule has 3 atom stereocenters. The molecule has 474 valence electrons. The first-order chi connectivity index (χ1) is 39.0. The van der Waals surface area contributed by atoms with Gasteiger partial charge in [-0.25, -0.2) is 4.57 Å². The molecule has 0 aliphatic carbocycles. The molecule has 1 amide bonds. The van der Waals surface area contributed by atoms with Crippen LogP contribution in [0.1, 0.15) is 361 Å². The van der Waals surface area contributed by atoms with Gasteiger partial charge in [0.2, 0.25) is 5.91 Å². The smallest absolute Gasteiger partial charge is 0.387 e. The third-order valence-corrected chi connectivity index (χ3v) is 17.3. The van der Waals surface area contributed by atoms with Crippen molar-refractivity contribution in [1.29, 1.82) is 0 Å². The molecule has 9 heteroatoms. The average molecular weight is 1150 g/mol. The SMILES string of the molecule is CCCCCCCCCCCCCCCCC/C=C/CC/C=C/CC/C=C/C(O)C(COP(=O)(O)OCC[N+](C)(C)C)NC(=O)CCCCCCCCCCCCCCCCCCCCCCCCCCCCCCCCCCC. The predicted octanol–water partition coefficient (Wildman–Crippen LogP) is 22.4. The Morgan fingerprint density at radius 3 is 1.00 bits per heavy atom. The molecule has 0 aliphatic rings. The molecule has 0 spiro atoms. The van der Waals surface area contributed by atoms with Gasteiger partial charge in [0.05, 0.1) is 39.9 Å². The topological polar surface area (TPSA) is 105 Å². The van der Waals surface area contributed by atoms with Crippen molar-refractivity contribution < 1.29 is 32.9 Å². The highest BCUT2D eigenvalue weighted by atomic mass is 31.2. The summed E-state index contributed by atoms with van der Waals surface area (Å²) in [5.41, 5.74) is 0. The Morgan fingerprint density at radius 2 is 0.688 bits per heavy atom. The summed E-state index contributed by atoms with van der Waals surface area (Å²) in [5, 5.41) is 14.0. The highest BCUT2D eigenvalue weighted by molar-refractivity contribution is 7.47. The zero-order valence-electron chi connectivity index (χ0n) is 54.3. The number of allylic oxidation sites excluding steroid dienone is 5. The third-order valence-electron chi connectivity index (χ3n) is 16.3. The number of quaternary nitrogens is 1. The van der Waals surface area contributed by atoms with Crippen LogP contribution in [0.15, 0.2) is 36.5 Å². The second-order valence-electron chi connectivity index (χ2n) is 25.6.